The Morgan fingerprint density at radius 2 is 1.68 bits per heavy atom. The Hall–Kier alpha value is -3.80. The summed E-state index contributed by atoms with van der Waals surface area (Å²) >= 11 is 6.09. The molecular weight excluding hydrogens is 484 g/mol. The number of hydrogen-bond acceptors (Lipinski definition) is 5. The van der Waals surface area contributed by atoms with Crippen molar-refractivity contribution >= 4 is 39.5 Å². The molecule has 2 atom stereocenters. The van der Waals surface area contributed by atoms with Crippen LogP contribution in [0.3, 0.4) is 0 Å². The molecule has 5 nitrogen and oxygen atoms in total. The minimum absolute atomic E-state index is 0.000553. The highest BCUT2D eigenvalue weighted by Gasteiger charge is 2.38. The molecule has 188 valence electrons. The van der Waals surface area contributed by atoms with Gasteiger partial charge in [-0.3, -0.25) is 4.79 Å². The molecule has 3 N–H and O–H groups in total. The summed E-state index contributed by atoms with van der Waals surface area (Å²) in [6.45, 7) is 2.53. The summed E-state index contributed by atoms with van der Waals surface area (Å²) < 4.78 is 0. The van der Waals surface area contributed by atoms with E-state index in [0.29, 0.717) is 29.2 Å². The first-order valence-electron chi connectivity index (χ1n) is 12.5. The Kier molecular flexibility index (Phi) is 7.17. The van der Waals surface area contributed by atoms with Crippen LogP contribution in [0.1, 0.15) is 30.6 Å². The Balaban J connectivity index is 1.54. The summed E-state index contributed by atoms with van der Waals surface area (Å²) in [5.41, 5.74) is 3.00. The molecule has 37 heavy (non-hydrogen) atoms. The molecule has 0 radical (unpaired) electrons. The minimum Gasteiger partial charge on any atom is -0.494 e. The highest BCUT2D eigenvalue weighted by Crippen LogP contribution is 2.40. The molecule has 0 saturated heterocycles. The fourth-order valence-electron chi connectivity index (χ4n) is 4.93. The lowest BCUT2D eigenvalue weighted by Crippen LogP contribution is -2.40. The molecule has 1 aliphatic rings. The molecule has 2 unspecified atom stereocenters. The number of carbonyl (C=O) groups is 1. The summed E-state index contributed by atoms with van der Waals surface area (Å²) in [6.07, 6.45) is -0.121. The van der Waals surface area contributed by atoms with E-state index in [1.807, 2.05) is 79.7 Å². The Morgan fingerprint density at radius 1 is 0.973 bits per heavy atom. The Morgan fingerprint density at radius 3 is 2.43 bits per heavy atom. The second-order valence-corrected chi connectivity index (χ2v) is 9.74. The number of carbonyl (C=O) groups excluding carboxylic acids is 1. The van der Waals surface area contributed by atoms with E-state index in [0.717, 1.165) is 28.4 Å². The van der Waals surface area contributed by atoms with Gasteiger partial charge < -0.3 is 20.4 Å². The first-order chi connectivity index (χ1) is 18.0. The second-order valence-electron chi connectivity index (χ2n) is 9.30. The van der Waals surface area contributed by atoms with E-state index in [2.05, 4.69) is 5.32 Å². The number of rotatable bonds is 8. The van der Waals surface area contributed by atoms with Gasteiger partial charge >= 0.3 is 0 Å². The standard InChI is InChI=1S/C31H29ClN2O3/c1-2-17-34-27-10-6-5-9-25(27)29(35)28(31(34)37)30(36)26(18-20-11-14-23(32)15-12-20)33-24-16-13-21-7-3-4-8-22(21)19-24/h3-16,19,26,29,33,35,37H,2,17-18H2,1H3. The molecule has 0 amide bonds. The van der Waals surface area contributed by atoms with E-state index < -0.39 is 12.1 Å². The molecule has 0 fully saturated rings. The van der Waals surface area contributed by atoms with Crippen LogP contribution in [-0.2, 0) is 11.2 Å². The number of Topliss-reactive ketones (excluding diaryl/α,β-unsaturated/α-hetero) is 1. The number of para-hydroxylation sites is 1. The van der Waals surface area contributed by atoms with Crippen LogP contribution in [0.2, 0.25) is 5.02 Å². The second kappa shape index (κ2) is 10.7. The summed E-state index contributed by atoms with van der Waals surface area (Å²) in [6, 6.07) is 27.9. The van der Waals surface area contributed by atoms with E-state index in [-0.39, 0.29) is 17.2 Å². The molecule has 0 spiro atoms. The molecule has 5 rings (SSSR count). The van der Waals surface area contributed by atoms with Gasteiger partial charge in [0.25, 0.3) is 0 Å². The quantitative estimate of drug-likeness (QED) is 0.241. The van der Waals surface area contributed by atoms with Crippen LogP contribution in [-0.4, -0.2) is 28.6 Å². The molecular formula is C31H29ClN2O3. The summed E-state index contributed by atoms with van der Waals surface area (Å²) in [5, 5.41) is 28.7. The van der Waals surface area contributed by atoms with E-state index >= 15 is 0 Å². The summed E-state index contributed by atoms with van der Waals surface area (Å²) in [4.78, 5) is 15.8. The molecule has 4 aromatic rings. The van der Waals surface area contributed by atoms with Gasteiger partial charge in [-0.1, -0.05) is 79.2 Å². The Labute approximate surface area is 221 Å². The van der Waals surface area contributed by atoms with Gasteiger partial charge in [-0.25, -0.2) is 0 Å². The third-order valence-corrected chi connectivity index (χ3v) is 7.02. The van der Waals surface area contributed by atoms with E-state index in [1.54, 1.807) is 23.1 Å². The zero-order valence-electron chi connectivity index (χ0n) is 20.6. The van der Waals surface area contributed by atoms with E-state index in [4.69, 9.17) is 11.6 Å². The van der Waals surface area contributed by atoms with Crippen LogP contribution in [0.5, 0.6) is 0 Å². The first-order valence-corrected chi connectivity index (χ1v) is 12.9. The monoisotopic (exact) mass is 512 g/mol. The number of aliphatic hydroxyl groups is 2. The average molecular weight is 513 g/mol. The van der Waals surface area contributed by atoms with Crippen molar-refractivity contribution in [2.24, 2.45) is 0 Å². The lowest BCUT2D eigenvalue weighted by Gasteiger charge is -2.35. The van der Waals surface area contributed by atoms with Gasteiger partial charge in [0.05, 0.1) is 11.6 Å². The van der Waals surface area contributed by atoms with Crippen molar-refractivity contribution in [1.29, 1.82) is 0 Å². The number of benzene rings is 4. The maximum Gasteiger partial charge on any atom is 0.201 e. The van der Waals surface area contributed by atoms with E-state index in [1.165, 1.54) is 0 Å². The fourth-order valence-corrected chi connectivity index (χ4v) is 5.06. The molecule has 0 aromatic heterocycles. The number of anilines is 2. The summed E-state index contributed by atoms with van der Waals surface area (Å²) in [7, 11) is 0. The number of fused-ring (bicyclic) bond motifs is 2. The van der Waals surface area contributed by atoms with Gasteiger partial charge in [0.15, 0.2) is 5.78 Å². The van der Waals surface area contributed by atoms with Gasteiger partial charge in [-0.2, -0.15) is 0 Å². The number of nitrogens with one attached hydrogen (secondary N) is 1. The third-order valence-electron chi connectivity index (χ3n) is 6.76. The van der Waals surface area contributed by atoms with Crippen LogP contribution in [0.25, 0.3) is 10.8 Å². The van der Waals surface area contributed by atoms with Gasteiger partial charge in [0.1, 0.15) is 6.10 Å². The van der Waals surface area contributed by atoms with Crippen molar-refractivity contribution in [1.82, 2.24) is 0 Å². The largest absolute Gasteiger partial charge is 0.494 e. The number of aliphatic hydroxyl groups excluding tert-OH is 2. The number of ketones is 1. The maximum atomic E-state index is 14.1. The number of hydrogen-bond donors (Lipinski definition) is 3. The topological polar surface area (TPSA) is 72.8 Å². The zero-order chi connectivity index (χ0) is 25.9. The predicted molar refractivity (Wildman–Crippen MR) is 150 cm³/mol. The zero-order valence-corrected chi connectivity index (χ0v) is 21.3. The normalized spacial score (nSPS) is 16.0. The molecule has 4 aromatic carbocycles. The van der Waals surface area contributed by atoms with E-state index in [9.17, 15) is 15.0 Å². The Bertz CT molecular complexity index is 1470. The fraction of sp³-hybridized carbons (Fsp3) is 0.194. The van der Waals surface area contributed by atoms with Crippen LogP contribution in [0, 0.1) is 0 Å². The van der Waals surface area contributed by atoms with Crippen LogP contribution in [0.4, 0.5) is 11.4 Å². The van der Waals surface area contributed by atoms with Gasteiger partial charge in [-0.05, 0) is 53.1 Å². The van der Waals surface area contributed by atoms with Crippen molar-refractivity contribution in [2.75, 3.05) is 16.8 Å². The number of nitrogens with zero attached hydrogens (tertiary/aromatic N) is 1. The lowest BCUT2D eigenvalue weighted by molar-refractivity contribution is -0.117. The van der Waals surface area contributed by atoms with Gasteiger partial charge in [0.2, 0.25) is 5.88 Å². The van der Waals surface area contributed by atoms with Crippen molar-refractivity contribution in [2.45, 2.75) is 31.9 Å². The lowest BCUT2D eigenvalue weighted by atomic mass is 9.88. The smallest absolute Gasteiger partial charge is 0.201 e. The average Bonchev–Trinajstić information content (AvgIpc) is 2.92. The van der Waals surface area contributed by atoms with Crippen LogP contribution < -0.4 is 10.2 Å². The third kappa shape index (κ3) is 5.06. The van der Waals surface area contributed by atoms with Gasteiger partial charge in [-0.15, -0.1) is 0 Å². The van der Waals surface area contributed by atoms with Crippen molar-refractivity contribution < 1.29 is 15.0 Å². The maximum absolute atomic E-state index is 14.1. The predicted octanol–water partition coefficient (Wildman–Crippen LogP) is 6.82. The molecule has 1 heterocycles. The molecule has 6 heteroatoms. The highest BCUT2D eigenvalue weighted by molar-refractivity contribution is 6.30. The minimum atomic E-state index is -1.23. The highest BCUT2D eigenvalue weighted by atomic mass is 35.5. The van der Waals surface area contributed by atoms with Crippen molar-refractivity contribution in [3.05, 3.63) is 119 Å². The number of halogens is 1. The molecule has 0 aliphatic carbocycles. The van der Waals surface area contributed by atoms with Crippen molar-refractivity contribution in [3.8, 4) is 0 Å². The molecule has 0 saturated carbocycles. The van der Waals surface area contributed by atoms with Crippen molar-refractivity contribution in [3.63, 3.8) is 0 Å². The molecule has 1 aliphatic heterocycles. The molecule has 0 bridgehead atoms. The SMILES string of the molecule is CCCN1C(O)=C(C(=O)C(Cc2ccc(Cl)cc2)Nc2ccc3ccccc3c2)C(O)c2ccccc21. The van der Waals surface area contributed by atoms with Crippen LogP contribution in [0.15, 0.2) is 102 Å². The van der Waals surface area contributed by atoms with Crippen LogP contribution >= 0.6 is 11.6 Å². The first kappa shape index (κ1) is 24.9. The van der Waals surface area contributed by atoms with Gasteiger partial charge in [0, 0.05) is 34.9 Å². The summed E-state index contributed by atoms with van der Waals surface area (Å²) in [5.74, 6) is -0.553.